The maximum Gasteiger partial charge on any atom is 0.253 e. The minimum Gasteiger partial charge on any atom is -0.365 e. The van der Waals surface area contributed by atoms with Crippen LogP contribution in [0.1, 0.15) is 25.1 Å². The van der Waals surface area contributed by atoms with Crippen LogP contribution in [0.15, 0.2) is 6.20 Å². The smallest absolute Gasteiger partial charge is 0.253 e. The molecule has 0 aromatic carbocycles. The van der Waals surface area contributed by atoms with Crippen molar-refractivity contribution in [3.63, 3.8) is 0 Å². The number of fused-ring (bicyclic) bond motifs is 1. The molecule has 2 aromatic heterocycles. The van der Waals surface area contributed by atoms with Crippen molar-refractivity contribution in [1.82, 2.24) is 24.6 Å². The van der Waals surface area contributed by atoms with Gasteiger partial charge in [-0.3, -0.25) is 9.48 Å². The predicted molar refractivity (Wildman–Crippen MR) is 93.4 cm³/mol. The number of morpholine rings is 1. The lowest BCUT2D eigenvalue weighted by Crippen LogP contribution is -2.52. The van der Waals surface area contributed by atoms with Crippen molar-refractivity contribution in [3.05, 3.63) is 12.0 Å². The van der Waals surface area contributed by atoms with Crippen LogP contribution in [0.2, 0.25) is 0 Å². The number of nitrogens with zero attached hydrogens (tertiary/aromatic N) is 6. The fourth-order valence-corrected chi connectivity index (χ4v) is 3.66. The quantitative estimate of drug-likeness (QED) is 0.805. The Morgan fingerprint density at radius 1 is 1.20 bits per heavy atom. The number of rotatable bonds is 2. The fourth-order valence-electron chi connectivity index (χ4n) is 3.66. The third-order valence-electron chi connectivity index (χ3n) is 4.99. The van der Waals surface area contributed by atoms with Gasteiger partial charge < -0.3 is 14.5 Å². The normalized spacial score (nSPS) is 21.8. The maximum absolute atomic E-state index is 12.8. The van der Waals surface area contributed by atoms with Gasteiger partial charge in [-0.05, 0) is 26.2 Å². The molecule has 25 heavy (non-hydrogen) atoms. The van der Waals surface area contributed by atoms with Gasteiger partial charge in [0.05, 0.1) is 24.7 Å². The van der Waals surface area contributed by atoms with E-state index in [1.165, 1.54) is 6.42 Å². The number of ether oxygens (including phenoxy) is 1. The van der Waals surface area contributed by atoms with Gasteiger partial charge in [0.1, 0.15) is 11.6 Å². The summed E-state index contributed by atoms with van der Waals surface area (Å²) in [5.74, 6) is 1.66. The molecule has 4 heterocycles. The summed E-state index contributed by atoms with van der Waals surface area (Å²) >= 11 is 0. The summed E-state index contributed by atoms with van der Waals surface area (Å²) in [4.78, 5) is 26.0. The highest BCUT2D eigenvalue weighted by molar-refractivity contribution is 5.88. The first-order chi connectivity index (χ1) is 12.1. The van der Waals surface area contributed by atoms with Crippen molar-refractivity contribution < 1.29 is 9.53 Å². The van der Waals surface area contributed by atoms with E-state index in [2.05, 4.69) is 20.0 Å². The first-order valence-electron chi connectivity index (χ1n) is 8.95. The second-order valence-corrected chi connectivity index (χ2v) is 6.79. The Bertz CT molecular complexity index is 783. The number of carbonyl (C=O) groups excluding carboxylic acids is 1. The second-order valence-electron chi connectivity index (χ2n) is 6.79. The number of anilines is 1. The Labute approximate surface area is 146 Å². The molecule has 0 N–H and O–H groups in total. The zero-order valence-electron chi connectivity index (χ0n) is 14.8. The van der Waals surface area contributed by atoms with Gasteiger partial charge in [0, 0.05) is 26.7 Å². The molecule has 8 heteroatoms. The number of hydrogen-bond donors (Lipinski definition) is 0. The highest BCUT2D eigenvalue weighted by Gasteiger charge is 2.32. The Kier molecular flexibility index (Phi) is 4.29. The topological polar surface area (TPSA) is 76.4 Å². The van der Waals surface area contributed by atoms with E-state index in [0.717, 1.165) is 42.8 Å². The van der Waals surface area contributed by atoms with Crippen LogP contribution in [0.25, 0.3) is 11.0 Å². The van der Waals surface area contributed by atoms with Gasteiger partial charge >= 0.3 is 0 Å². The number of aromatic nitrogens is 4. The maximum atomic E-state index is 12.8. The molecule has 8 nitrogen and oxygen atoms in total. The molecule has 1 unspecified atom stereocenters. The van der Waals surface area contributed by atoms with E-state index in [-0.39, 0.29) is 5.91 Å². The highest BCUT2D eigenvalue weighted by Crippen LogP contribution is 2.25. The van der Waals surface area contributed by atoms with Crippen molar-refractivity contribution in [2.45, 2.75) is 32.3 Å². The summed E-state index contributed by atoms with van der Waals surface area (Å²) in [5.41, 5.74) is 0.813. The van der Waals surface area contributed by atoms with Crippen molar-refractivity contribution in [1.29, 1.82) is 0 Å². The SMILES string of the molecule is Cc1nc(N2CCOC(C(=O)N3CCCCC3)C2)c2cnn(C)c2n1. The number of carbonyl (C=O) groups is 1. The predicted octanol–water partition coefficient (Wildman–Crippen LogP) is 0.889. The molecule has 1 atom stereocenters. The van der Waals surface area contributed by atoms with Crippen LogP contribution in [0.5, 0.6) is 0 Å². The standard InChI is InChI=1S/C17H24N6O2/c1-12-19-15-13(10-18-21(15)2)16(20-12)23-8-9-25-14(11-23)17(24)22-6-4-3-5-7-22/h10,14H,3-9,11H2,1-2H3. The first-order valence-corrected chi connectivity index (χ1v) is 8.95. The molecule has 0 bridgehead atoms. The molecule has 2 aliphatic heterocycles. The number of piperidine rings is 1. The number of aryl methyl sites for hydroxylation is 2. The summed E-state index contributed by atoms with van der Waals surface area (Å²) in [6.45, 7) is 5.33. The second kappa shape index (κ2) is 6.59. The number of likely N-dealkylation sites (tertiary alicyclic amines) is 1. The lowest BCUT2D eigenvalue weighted by Gasteiger charge is -2.36. The van der Waals surface area contributed by atoms with Crippen LogP contribution >= 0.6 is 0 Å². The van der Waals surface area contributed by atoms with E-state index < -0.39 is 6.10 Å². The molecule has 0 saturated carbocycles. The van der Waals surface area contributed by atoms with E-state index in [1.807, 2.05) is 18.9 Å². The molecule has 2 aliphatic rings. The summed E-state index contributed by atoms with van der Waals surface area (Å²) in [6.07, 6.45) is 4.75. The molecule has 2 fully saturated rings. The lowest BCUT2D eigenvalue weighted by atomic mass is 10.1. The zero-order chi connectivity index (χ0) is 17.4. The molecule has 2 aromatic rings. The lowest BCUT2D eigenvalue weighted by molar-refractivity contribution is -0.145. The van der Waals surface area contributed by atoms with Gasteiger partial charge in [-0.1, -0.05) is 0 Å². The Balaban J connectivity index is 1.58. The third-order valence-corrected chi connectivity index (χ3v) is 4.99. The summed E-state index contributed by atoms with van der Waals surface area (Å²) < 4.78 is 7.55. The van der Waals surface area contributed by atoms with Crippen molar-refractivity contribution in [2.24, 2.45) is 7.05 Å². The largest absolute Gasteiger partial charge is 0.365 e. The number of hydrogen-bond acceptors (Lipinski definition) is 6. The van der Waals surface area contributed by atoms with E-state index in [4.69, 9.17) is 4.74 Å². The average molecular weight is 344 g/mol. The van der Waals surface area contributed by atoms with Crippen LogP contribution in [-0.4, -0.2) is 69.4 Å². The van der Waals surface area contributed by atoms with Gasteiger partial charge in [0.15, 0.2) is 11.8 Å². The molecule has 0 spiro atoms. The molecular formula is C17H24N6O2. The van der Waals surface area contributed by atoms with Gasteiger partial charge in [0.25, 0.3) is 5.91 Å². The molecule has 4 rings (SSSR count). The van der Waals surface area contributed by atoms with Crippen LogP contribution in [-0.2, 0) is 16.6 Å². The fraction of sp³-hybridized carbons (Fsp3) is 0.647. The van der Waals surface area contributed by atoms with Crippen LogP contribution in [0, 0.1) is 6.92 Å². The zero-order valence-corrected chi connectivity index (χ0v) is 14.8. The molecule has 0 aliphatic carbocycles. The third kappa shape index (κ3) is 3.06. The van der Waals surface area contributed by atoms with Crippen LogP contribution < -0.4 is 4.90 Å². The molecule has 0 radical (unpaired) electrons. The molecule has 1 amide bonds. The highest BCUT2D eigenvalue weighted by atomic mass is 16.5. The minimum atomic E-state index is -0.422. The molecular weight excluding hydrogens is 320 g/mol. The minimum absolute atomic E-state index is 0.109. The van der Waals surface area contributed by atoms with Crippen LogP contribution in [0.4, 0.5) is 5.82 Å². The van der Waals surface area contributed by atoms with Gasteiger partial charge in [-0.2, -0.15) is 5.10 Å². The summed E-state index contributed by atoms with van der Waals surface area (Å²) in [7, 11) is 1.88. The molecule has 2 saturated heterocycles. The van der Waals surface area contributed by atoms with Crippen molar-refractivity contribution in [3.8, 4) is 0 Å². The van der Waals surface area contributed by atoms with Gasteiger partial charge in [0.2, 0.25) is 0 Å². The van der Waals surface area contributed by atoms with E-state index in [9.17, 15) is 4.79 Å². The van der Waals surface area contributed by atoms with E-state index >= 15 is 0 Å². The van der Waals surface area contributed by atoms with Crippen LogP contribution in [0.3, 0.4) is 0 Å². The van der Waals surface area contributed by atoms with Crippen molar-refractivity contribution in [2.75, 3.05) is 37.7 Å². The first kappa shape index (κ1) is 16.3. The monoisotopic (exact) mass is 344 g/mol. The summed E-state index contributed by atoms with van der Waals surface area (Å²) in [6, 6.07) is 0. The Hall–Kier alpha value is -2.22. The molecule has 134 valence electrons. The summed E-state index contributed by atoms with van der Waals surface area (Å²) in [5, 5.41) is 5.22. The Morgan fingerprint density at radius 3 is 2.80 bits per heavy atom. The Morgan fingerprint density at radius 2 is 2.00 bits per heavy atom. The average Bonchev–Trinajstić information content (AvgIpc) is 3.02. The number of amides is 1. The van der Waals surface area contributed by atoms with Gasteiger partial charge in [-0.25, -0.2) is 9.97 Å². The van der Waals surface area contributed by atoms with E-state index in [0.29, 0.717) is 25.5 Å². The van der Waals surface area contributed by atoms with E-state index in [1.54, 1.807) is 10.9 Å². The van der Waals surface area contributed by atoms with Crippen molar-refractivity contribution >= 4 is 22.8 Å². The van der Waals surface area contributed by atoms with Gasteiger partial charge in [-0.15, -0.1) is 0 Å².